The fraction of sp³-hybridized carbons (Fsp3) is 0.143. The summed E-state index contributed by atoms with van der Waals surface area (Å²) in [7, 11) is 0. The zero-order chi connectivity index (χ0) is 14.0. The van der Waals surface area contributed by atoms with E-state index in [-0.39, 0.29) is 5.82 Å². The number of rotatable bonds is 3. The predicted molar refractivity (Wildman–Crippen MR) is 79.5 cm³/mol. The van der Waals surface area contributed by atoms with Crippen LogP contribution in [-0.4, -0.2) is 0 Å². The lowest BCUT2D eigenvalue weighted by Crippen LogP contribution is -2.30. The SMILES string of the molecule is Cc1ccc(Br)cc1C(NN)c1ccc(Cl)cc1F. The quantitative estimate of drug-likeness (QED) is 0.650. The average Bonchev–Trinajstić information content (AvgIpc) is 2.36. The maximum Gasteiger partial charge on any atom is 0.129 e. The number of hydrogen-bond acceptors (Lipinski definition) is 2. The van der Waals surface area contributed by atoms with E-state index in [2.05, 4.69) is 21.4 Å². The zero-order valence-electron chi connectivity index (χ0n) is 10.3. The molecule has 19 heavy (non-hydrogen) atoms. The topological polar surface area (TPSA) is 38.0 Å². The summed E-state index contributed by atoms with van der Waals surface area (Å²) in [5.74, 6) is 5.22. The Morgan fingerprint density at radius 2 is 1.95 bits per heavy atom. The molecule has 0 aliphatic carbocycles. The average molecular weight is 344 g/mol. The molecule has 0 amide bonds. The molecule has 2 rings (SSSR count). The molecule has 5 heteroatoms. The van der Waals surface area contributed by atoms with Gasteiger partial charge in [-0.15, -0.1) is 0 Å². The van der Waals surface area contributed by atoms with Crippen LogP contribution in [0.15, 0.2) is 40.9 Å². The summed E-state index contributed by atoms with van der Waals surface area (Å²) in [6.07, 6.45) is 0. The summed E-state index contributed by atoms with van der Waals surface area (Å²) in [6.45, 7) is 1.96. The summed E-state index contributed by atoms with van der Waals surface area (Å²) in [5, 5.41) is 0.364. The number of aryl methyl sites for hydroxylation is 1. The van der Waals surface area contributed by atoms with E-state index in [1.165, 1.54) is 6.07 Å². The van der Waals surface area contributed by atoms with Gasteiger partial charge in [0.1, 0.15) is 5.82 Å². The Kier molecular flexibility index (Phi) is 4.58. The number of halogens is 3. The molecule has 0 fully saturated rings. The Balaban J connectivity index is 2.52. The van der Waals surface area contributed by atoms with E-state index in [1.807, 2.05) is 25.1 Å². The maximum atomic E-state index is 14.0. The van der Waals surface area contributed by atoms with Crippen molar-refractivity contribution < 1.29 is 4.39 Å². The first kappa shape index (κ1) is 14.5. The van der Waals surface area contributed by atoms with Gasteiger partial charge < -0.3 is 0 Å². The van der Waals surface area contributed by atoms with Crippen LogP contribution in [0.1, 0.15) is 22.7 Å². The lowest BCUT2D eigenvalue weighted by Gasteiger charge is -2.20. The van der Waals surface area contributed by atoms with E-state index >= 15 is 0 Å². The van der Waals surface area contributed by atoms with Gasteiger partial charge in [0.05, 0.1) is 6.04 Å². The van der Waals surface area contributed by atoms with E-state index in [4.69, 9.17) is 17.4 Å². The third-order valence-electron chi connectivity index (χ3n) is 2.99. The van der Waals surface area contributed by atoms with Crippen molar-refractivity contribution in [2.24, 2.45) is 5.84 Å². The monoisotopic (exact) mass is 342 g/mol. The summed E-state index contributed by atoms with van der Waals surface area (Å²) < 4.78 is 14.9. The first-order chi connectivity index (χ1) is 9.02. The summed E-state index contributed by atoms with van der Waals surface area (Å²) in [6, 6.07) is 9.97. The number of hydrogen-bond donors (Lipinski definition) is 2. The van der Waals surface area contributed by atoms with E-state index < -0.39 is 6.04 Å². The van der Waals surface area contributed by atoms with Gasteiger partial charge >= 0.3 is 0 Å². The molecule has 0 aliphatic rings. The van der Waals surface area contributed by atoms with Crippen molar-refractivity contribution in [2.45, 2.75) is 13.0 Å². The molecule has 1 unspecified atom stereocenters. The van der Waals surface area contributed by atoms with E-state index in [0.717, 1.165) is 15.6 Å². The van der Waals surface area contributed by atoms with E-state index in [0.29, 0.717) is 10.6 Å². The minimum Gasteiger partial charge on any atom is -0.271 e. The molecule has 0 aliphatic heterocycles. The Hall–Kier alpha value is -0.940. The van der Waals surface area contributed by atoms with Crippen LogP contribution >= 0.6 is 27.5 Å². The Morgan fingerprint density at radius 3 is 2.58 bits per heavy atom. The zero-order valence-corrected chi connectivity index (χ0v) is 12.6. The molecule has 0 heterocycles. The number of nitrogens with one attached hydrogen (secondary N) is 1. The second-order valence-electron chi connectivity index (χ2n) is 4.27. The number of nitrogens with two attached hydrogens (primary N) is 1. The van der Waals surface area contributed by atoms with E-state index in [9.17, 15) is 4.39 Å². The molecule has 1 atom stereocenters. The van der Waals surface area contributed by atoms with Gasteiger partial charge in [0.2, 0.25) is 0 Å². The molecule has 0 saturated carbocycles. The molecule has 100 valence electrons. The van der Waals surface area contributed by atoms with Gasteiger partial charge in [0, 0.05) is 15.1 Å². The molecule has 2 aromatic rings. The largest absolute Gasteiger partial charge is 0.271 e. The van der Waals surface area contributed by atoms with Crippen molar-refractivity contribution in [3.05, 3.63) is 68.4 Å². The van der Waals surface area contributed by atoms with Gasteiger partial charge in [0.15, 0.2) is 0 Å². The van der Waals surface area contributed by atoms with Gasteiger partial charge in [-0.25, -0.2) is 9.82 Å². The Bertz CT molecular complexity index is 604. The fourth-order valence-electron chi connectivity index (χ4n) is 2.01. The molecule has 0 saturated heterocycles. The van der Waals surface area contributed by atoms with Crippen LogP contribution in [0.2, 0.25) is 5.02 Å². The van der Waals surface area contributed by atoms with Crippen molar-refractivity contribution in [1.82, 2.24) is 5.43 Å². The Labute approximate surface area is 124 Å². The highest BCUT2D eigenvalue weighted by atomic mass is 79.9. The predicted octanol–water partition coefficient (Wildman–Crippen LogP) is 4.10. The standard InChI is InChI=1S/C14H13BrClFN2/c1-8-2-3-9(15)6-12(8)14(19-18)11-5-4-10(16)7-13(11)17/h2-7,14,19H,18H2,1H3. The van der Waals surface area contributed by atoms with E-state index in [1.54, 1.807) is 12.1 Å². The van der Waals surface area contributed by atoms with Gasteiger partial charge in [0.25, 0.3) is 0 Å². The van der Waals surface area contributed by atoms with Crippen LogP contribution in [0.25, 0.3) is 0 Å². The molecule has 0 radical (unpaired) electrons. The third kappa shape index (κ3) is 3.15. The first-order valence-corrected chi connectivity index (χ1v) is 6.87. The number of hydrazine groups is 1. The molecule has 0 bridgehead atoms. The second-order valence-corrected chi connectivity index (χ2v) is 5.62. The van der Waals surface area contributed by atoms with Crippen molar-refractivity contribution in [2.75, 3.05) is 0 Å². The highest BCUT2D eigenvalue weighted by Gasteiger charge is 2.18. The molecule has 3 N–H and O–H groups in total. The summed E-state index contributed by atoms with van der Waals surface area (Å²) >= 11 is 9.18. The van der Waals surface area contributed by atoms with Crippen LogP contribution in [0, 0.1) is 12.7 Å². The highest BCUT2D eigenvalue weighted by Crippen LogP contribution is 2.29. The van der Waals surface area contributed by atoms with Crippen molar-refractivity contribution in [3.63, 3.8) is 0 Å². The molecular formula is C14H13BrClFN2. The van der Waals surface area contributed by atoms with Crippen LogP contribution in [0.3, 0.4) is 0 Å². The smallest absolute Gasteiger partial charge is 0.129 e. The van der Waals surface area contributed by atoms with Gasteiger partial charge in [-0.3, -0.25) is 5.84 Å². The first-order valence-electron chi connectivity index (χ1n) is 5.70. The third-order valence-corrected chi connectivity index (χ3v) is 3.72. The van der Waals surface area contributed by atoms with Crippen molar-refractivity contribution >= 4 is 27.5 Å². The number of benzene rings is 2. The Morgan fingerprint density at radius 1 is 1.21 bits per heavy atom. The molecule has 2 nitrogen and oxygen atoms in total. The normalized spacial score (nSPS) is 12.5. The molecule has 0 aromatic heterocycles. The molecular weight excluding hydrogens is 331 g/mol. The second kappa shape index (κ2) is 6.01. The van der Waals surface area contributed by atoms with Gasteiger partial charge in [-0.1, -0.05) is 39.7 Å². The van der Waals surface area contributed by atoms with Gasteiger partial charge in [-0.05, 0) is 42.3 Å². The van der Waals surface area contributed by atoms with Gasteiger partial charge in [-0.2, -0.15) is 0 Å². The lowest BCUT2D eigenvalue weighted by atomic mass is 9.95. The molecule has 2 aromatic carbocycles. The van der Waals surface area contributed by atoms with Crippen molar-refractivity contribution in [3.8, 4) is 0 Å². The lowest BCUT2D eigenvalue weighted by molar-refractivity contribution is 0.559. The molecule has 0 spiro atoms. The minimum absolute atomic E-state index is 0.364. The van der Waals surface area contributed by atoms with Crippen LogP contribution in [0.4, 0.5) is 4.39 Å². The van der Waals surface area contributed by atoms with Crippen LogP contribution < -0.4 is 11.3 Å². The summed E-state index contributed by atoms with van der Waals surface area (Å²) in [4.78, 5) is 0. The maximum absolute atomic E-state index is 14.0. The van der Waals surface area contributed by atoms with Crippen LogP contribution in [-0.2, 0) is 0 Å². The fourth-order valence-corrected chi connectivity index (χ4v) is 2.54. The highest BCUT2D eigenvalue weighted by molar-refractivity contribution is 9.10. The van der Waals surface area contributed by atoms with Crippen molar-refractivity contribution in [1.29, 1.82) is 0 Å². The van der Waals surface area contributed by atoms with Crippen LogP contribution in [0.5, 0.6) is 0 Å². The summed E-state index contributed by atoms with van der Waals surface area (Å²) in [5.41, 5.74) is 5.07. The minimum atomic E-state index is -0.422.